The Morgan fingerprint density at radius 3 is 2.36 bits per heavy atom. The molecule has 0 saturated heterocycles. The van der Waals surface area contributed by atoms with Gasteiger partial charge in [0.2, 0.25) is 5.96 Å². The molecule has 0 aliphatic carbocycles. The van der Waals surface area contributed by atoms with E-state index in [-0.39, 0.29) is 21.6 Å². The fourth-order valence-corrected chi connectivity index (χ4v) is 2.67. The second-order valence-corrected chi connectivity index (χ2v) is 7.59. The smallest absolute Gasteiger partial charge is 0.294 e. The Bertz CT molecular complexity index is 964. The second-order valence-electron chi connectivity index (χ2n) is 5.25. The number of methoxy groups -OCH3 is 1. The Hall–Kier alpha value is -2.67. The lowest BCUT2D eigenvalue weighted by molar-refractivity contribution is -0.0139. The Balaban J connectivity index is 0.000000307. The third kappa shape index (κ3) is 7.15. The van der Waals surface area contributed by atoms with Gasteiger partial charge >= 0.3 is 0 Å². The van der Waals surface area contributed by atoms with Crippen molar-refractivity contribution in [3.8, 4) is 11.5 Å². The van der Waals surface area contributed by atoms with Crippen molar-refractivity contribution in [3.63, 3.8) is 0 Å². The molecule has 2 aromatic rings. The van der Waals surface area contributed by atoms with Crippen LogP contribution < -0.4 is 10.5 Å². The molecule has 0 bridgehead atoms. The summed E-state index contributed by atoms with van der Waals surface area (Å²) in [4.78, 5) is -0.0666. The van der Waals surface area contributed by atoms with Gasteiger partial charge in [0, 0.05) is 10.0 Å². The van der Waals surface area contributed by atoms with Gasteiger partial charge in [0.1, 0.15) is 0 Å². The summed E-state index contributed by atoms with van der Waals surface area (Å²) in [6, 6.07) is 9.13. The van der Waals surface area contributed by atoms with Gasteiger partial charge in [-0.15, -0.1) is 5.17 Å². The van der Waals surface area contributed by atoms with Crippen molar-refractivity contribution in [2.45, 2.75) is 11.8 Å². The number of hydrogen-bond acceptors (Lipinski definition) is 7. The van der Waals surface area contributed by atoms with Gasteiger partial charge in [-0.2, -0.15) is 13.5 Å². The summed E-state index contributed by atoms with van der Waals surface area (Å²) in [6.45, 7) is 1.84. The summed E-state index contributed by atoms with van der Waals surface area (Å²) in [5, 5.41) is 29.3. The second kappa shape index (κ2) is 10.0. The number of rotatable bonds is 4. The van der Waals surface area contributed by atoms with Crippen molar-refractivity contribution in [2.24, 2.45) is 10.8 Å². The lowest BCUT2D eigenvalue weighted by Gasteiger charge is -2.08. The number of phenols is 1. The van der Waals surface area contributed by atoms with E-state index in [1.54, 1.807) is 24.3 Å². The summed E-state index contributed by atoms with van der Waals surface area (Å²) < 4.78 is 35.2. The number of benzene rings is 2. The van der Waals surface area contributed by atoms with Crippen molar-refractivity contribution in [1.29, 1.82) is 5.41 Å². The fraction of sp³-hybridized carbons (Fsp3) is 0.125. The maximum Gasteiger partial charge on any atom is 0.294 e. The Labute approximate surface area is 170 Å². The highest BCUT2D eigenvalue weighted by atomic mass is 79.9. The van der Waals surface area contributed by atoms with E-state index in [2.05, 4.69) is 21.0 Å². The molecule has 0 fully saturated rings. The molecular formula is C16H19BrN4O6S. The number of guanidine groups is 1. The van der Waals surface area contributed by atoms with E-state index >= 15 is 0 Å². The largest absolute Gasteiger partial charge is 0.504 e. The number of nitrogens with one attached hydrogen (secondary N) is 1. The van der Waals surface area contributed by atoms with Crippen LogP contribution >= 0.6 is 15.9 Å². The Morgan fingerprint density at radius 2 is 1.89 bits per heavy atom. The lowest BCUT2D eigenvalue weighted by atomic mass is 10.2. The summed E-state index contributed by atoms with van der Waals surface area (Å²) in [7, 11) is -2.61. The summed E-state index contributed by atoms with van der Waals surface area (Å²) in [5.41, 5.74) is 6.23. The molecule has 152 valence electrons. The van der Waals surface area contributed by atoms with Gasteiger partial charge in [0.25, 0.3) is 10.1 Å². The number of hydroxylamine groups is 1. The van der Waals surface area contributed by atoms with E-state index in [0.29, 0.717) is 10.0 Å². The van der Waals surface area contributed by atoms with Crippen LogP contribution in [0.4, 0.5) is 0 Å². The number of aryl methyl sites for hydroxylation is 1. The van der Waals surface area contributed by atoms with Gasteiger partial charge in [-0.1, -0.05) is 33.6 Å². The van der Waals surface area contributed by atoms with E-state index in [9.17, 15) is 13.5 Å². The van der Waals surface area contributed by atoms with Crippen LogP contribution in [0.5, 0.6) is 11.5 Å². The minimum absolute atomic E-state index is 0.0666. The standard InChI is InChI=1S/C9H11BrN4O3.C7H8O3S/c1-17-7-3-6(10)2-5(8(7)15)4-13-14(16)9(11)12;1-6-2-4-7(5-3-6)11(8,9)10/h2-4,15-16H,1H3,(H3,11,12);2-5H,1H3,(H,8,9,10)/b13-4+;. The zero-order chi connectivity index (χ0) is 21.5. The van der Waals surface area contributed by atoms with Gasteiger partial charge in [-0.3, -0.25) is 15.2 Å². The zero-order valence-corrected chi connectivity index (χ0v) is 17.3. The molecule has 28 heavy (non-hydrogen) atoms. The Kier molecular flexibility index (Phi) is 8.37. The number of ether oxygens (including phenoxy) is 1. The van der Waals surface area contributed by atoms with Crippen molar-refractivity contribution < 1.29 is 28.0 Å². The SMILES string of the molecule is COc1cc(Br)cc(/C=N/N(O)C(=N)N)c1O.Cc1ccc(S(=O)(=O)O)cc1. The van der Waals surface area contributed by atoms with Crippen molar-refractivity contribution in [1.82, 2.24) is 5.17 Å². The number of phenolic OH excluding ortho intramolecular Hbond substituents is 1. The molecule has 0 unspecified atom stereocenters. The van der Waals surface area contributed by atoms with Crippen LogP contribution in [0.15, 0.2) is 50.9 Å². The summed E-state index contributed by atoms with van der Waals surface area (Å²) in [5.74, 6) is -0.507. The van der Waals surface area contributed by atoms with Crippen LogP contribution in [0.3, 0.4) is 0 Å². The van der Waals surface area contributed by atoms with Crippen LogP contribution in [0.25, 0.3) is 0 Å². The van der Waals surface area contributed by atoms with Gasteiger partial charge in [0.15, 0.2) is 11.5 Å². The number of nitrogens with two attached hydrogens (primary N) is 1. The third-order valence-corrected chi connectivity index (χ3v) is 4.46. The number of aromatic hydroxyl groups is 1. The molecule has 12 heteroatoms. The lowest BCUT2D eigenvalue weighted by Crippen LogP contribution is -2.28. The third-order valence-electron chi connectivity index (χ3n) is 3.13. The zero-order valence-electron chi connectivity index (χ0n) is 14.9. The van der Waals surface area contributed by atoms with Crippen LogP contribution in [-0.4, -0.2) is 47.7 Å². The normalized spacial score (nSPS) is 10.9. The molecule has 0 heterocycles. The van der Waals surface area contributed by atoms with Crippen molar-refractivity contribution >= 4 is 38.2 Å². The predicted octanol–water partition coefficient (Wildman–Crippen LogP) is 2.32. The molecule has 0 aliphatic heterocycles. The maximum atomic E-state index is 10.5. The first-order valence-corrected chi connectivity index (χ1v) is 9.66. The van der Waals surface area contributed by atoms with Gasteiger partial charge in [-0.25, -0.2) is 0 Å². The topological polar surface area (TPSA) is 170 Å². The monoisotopic (exact) mass is 474 g/mol. The quantitative estimate of drug-likeness (QED) is 0.194. The average Bonchev–Trinajstić information content (AvgIpc) is 2.61. The maximum absolute atomic E-state index is 10.5. The van der Waals surface area contributed by atoms with E-state index < -0.39 is 16.1 Å². The molecule has 0 radical (unpaired) electrons. The average molecular weight is 475 g/mol. The Morgan fingerprint density at radius 1 is 1.32 bits per heavy atom. The van der Waals surface area contributed by atoms with E-state index in [0.717, 1.165) is 11.8 Å². The van der Waals surface area contributed by atoms with Crippen LogP contribution in [0, 0.1) is 12.3 Å². The van der Waals surface area contributed by atoms with Gasteiger partial charge in [0.05, 0.1) is 18.2 Å². The number of hydrazone groups is 1. The number of halogens is 1. The van der Waals surface area contributed by atoms with Gasteiger partial charge < -0.3 is 15.6 Å². The summed E-state index contributed by atoms with van der Waals surface area (Å²) >= 11 is 3.23. The first-order chi connectivity index (χ1) is 13.0. The van der Waals surface area contributed by atoms with Crippen LogP contribution in [0.1, 0.15) is 11.1 Å². The van der Waals surface area contributed by atoms with Crippen molar-refractivity contribution in [2.75, 3.05) is 7.11 Å². The first kappa shape index (κ1) is 23.4. The minimum atomic E-state index is -4.02. The van der Waals surface area contributed by atoms with E-state index in [1.165, 1.54) is 19.2 Å². The first-order valence-electron chi connectivity index (χ1n) is 7.43. The van der Waals surface area contributed by atoms with E-state index in [4.69, 9.17) is 25.6 Å². The van der Waals surface area contributed by atoms with Gasteiger partial charge in [-0.05, 0) is 31.2 Å². The molecule has 10 nitrogen and oxygen atoms in total. The number of nitrogens with zero attached hydrogens (tertiary/aromatic N) is 2. The number of hydrogen-bond donors (Lipinski definition) is 5. The fourth-order valence-electron chi connectivity index (χ4n) is 1.74. The molecule has 6 N–H and O–H groups in total. The molecule has 0 spiro atoms. The minimum Gasteiger partial charge on any atom is -0.504 e. The molecule has 2 rings (SSSR count). The summed E-state index contributed by atoms with van der Waals surface area (Å²) in [6.07, 6.45) is 1.14. The van der Waals surface area contributed by atoms with E-state index in [1.807, 2.05) is 6.92 Å². The highest BCUT2D eigenvalue weighted by Crippen LogP contribution is 2.32. The molecule has 0 amide bonds. The highest BCUT2D eigenvalue weighted by Gasteiger charge is 2.09. The molecule has 0 saturated carbocycles. The highest BCUT2D eigenvalue weighted by molar-refractivity contribution is 9.10. The van der Waals surface area contributed by atoms with Crippen LogP contribution in [0.2, 0.25) is 0 Å². The molecular weight excluding hydrogens is 456 g/mol. The molecule has 0 aliphatic rings. The van der Waals surface area contributed by atoms with Crippen molar-refractivity contribution in [3.05, 3.63) is 52.0 Å². The predicted molar refractivity (Wildman–Crippen MR) is 106 cm³/mol. The molecule has 0 aromatic heterocycles. The molecule has 0 atom stereocenters. The van der Waals surface area contributed by atoms with Crippen LogP contribution in [-0.2, 0) is 10.1 Å². The molecule has 2 aromatic carbocycles.